The first-order chi connectivity index (χ1) is 13.6. The number of nitrogens with one attached hydrogen (secondary N) is 2. The average Bonchev–Trinajstić information content (AvgIpc) is 3.20. The lowest BCUT2D eigenvalue weighted by atomic mass is 9.98. The SMILES string of the molecule is O=C(CCNc1ccccc1[N+](=O)[O-])NCC1CCCN(Cc2cccs2)C1. The van der Waals surface area contributed by atoms with Crippen molar-refractivity contribution in [1.29, 1.82) is 0 Å². The van der Waals surface area contributed by atoms with Crippen molar-refractivity contribution in [2.75, 3.05) is 31.5 Å². The molecule has 0 radical (unpaired) electrons. The Balaban J connectivity index is 1.37. The molecule has 0 bridgehead atoms. The van der Waals surface area contributed by atoms with E-state index in [1.807, 2.05) is 0 Å². The van der Waals surface area contributed by atoms with Gasteiger partial charge in [0.15, 0.2) is 0 Å². The Bertz CT molecular complexity index is 782. The van der Waals surface area contributed by atoms with Crippen LogP contribution in [0.3, 0.4) is 0 Å². The quantitative estimate of drug-likeness (QED) is 0.495. The lowest BCUT2D eigenvalue weighted by molar-refractivity contribution is -0.384. The van der Waals surface area contributed by atoms with Crippen molar-refractivity contribution < 1.29 is 9.72 Å². The number of nitro groups is 1. The van der Waals surface area contributed by atoms with Crippen LogP contribution in [0.2, 0.25) is 0 Å². The second-order valence-electron chi connectivity index (χ2n) is 7.08. The second kappa shape index (κ2) is 10.2. The fourth-order valence-electron chi connectivity index (χ4n) is 3.52. The zero-order chi connectivity index (χ0) is 19.8. The number of thiophene rings is 1. The molecular formula is C20H26N4O3S. The molecule has 1 aromatic heterocycles. The average molecular weight is 403 g/mol. The summed E-state index contributed by atoms with van der Waals surface area (Å²) in [5.41, 5.74) is 0.466. The minimum atomic E-state index is -0.423. The number of likely N-dealkylation sites (tertiary alicyclic amines) is 1. The number of benzene rings is 1. The predicted octanol–water partition coefficient (Wildman–Crippen LogP) is 3.49. The zero-order valence-corrected chi connectivity index (χ0v) is 16.6. The summed E-state index contributed by atoms with van der Waals surface area (Å²) in [6.45, 7) is 4.16. The first kappa shape index (κ1) is 20.3. The van der Waals surface area contributed by atoms with E-state index >= 15 is 0 Å². The van der Waals surface area contributed by atoms with Crippen LogP contribution in [0.15, 0.2) is 41.8 Å². The van der Waals surface area contributed by atoms with E-state index in [4.69, 9.17) is 0 Å². The molecule has 1 unspecified atom stereocenters. The molecule has 1 fully saturated rings. The fourth-order valence-corrected chi connectivity index (χ4v) is 4.27. The first-order valence-corrected chi connectivity index (χ1v) is 10.5. The Morgan fingerprint density at radius 1 is 1.29 bits per heavy atom. The van der Waals surface area contributed by atoms with Gasteiger partial charge in [-0.2, -0.15) is 0 Å². The third kappa shape index (κ3) is 6.03. The molecule has 0 saturated carbocycles. The maximum atomic E-state index is 12.1. The van der Waals surface area contributed by atoms with Gasteiger partial charge in [0.2, 0.25) is 5.91 Å². The van der Waals surface area contributed by atoms with E-state index in [1.165, 1.54) is 10.9 Å². The van der Waals surface area contributed by atoms with Gasteiger partial charge in [0.1, 0.15) is 5.69 Å². The summed E-state index contributed by atoms with van der Waals surface area (Å²) in [5.74, 6) is 0.447. The zero-order valence-electron chi connectivity index (χ0n) is 15.8. The molecule has 1 aliphatic heterocycles. The molecular weight excluding hydrogens is 376 g/mol. The largest absolute Gasteiger partial charge is 0.379 e. The van der Waals surface area contributed by atoms with Crippen molar-refractivity contribution in [3.05, 3.63) is 56.8 Å². The van der Waals surface area contributed by atoms with E-state index in [9.17, 15) is 14.9 Å². The topological polar surface area (TPSA) is 87.5 Å². The minimum absolute atomic E-state index is 0.0240. The third-order valence-corrected chi connectivity index (χ3v) is 5.78. The van der Waals surface area contributed by atoms with Gasteiger partial charge in [-0.25, -0.2) is 0 Å². The van der Waals surface area contributed by atoms with Crippen molar-refractivity contribution >= 4 is 28.6 Å². The van der Waals surface area contributed by atoms with Crippen LogP contribution in [0, 0.1) is 16.0 Å². The van der Waals surface area contributed by atoms with Crippen molar-refractivity contribution in [3.63, 3.8) is 0 Å². The van der Waals surface area contributed by atoms with Gasteiger partial charge in [0.05, 0.1) is 4.92 Å². The number of anilines is 1. The molecule has 0 aliphatic carbocycles. The molecule has 2 heterocycles. The highest BCUT2D eigenvalue weighted by Gasteiger charge is 2.20. The molecule has 1 aliphatic rings. The molecule has 2 N–H and O–H groups in total. The van der Waals surface area contributed by atoms with Crippen molar-refractivity contribution in [2.24, 2.45) is 5.92 Å². The fraction of sp³-hybridized carbons (Fsp3) is 0.450. The summed E-state index contributed by atoms with van der Waals surface area (Å²) in [6, 6.07) is 10.7. The van der Waals surface area contributed by atoms with Crippen LogP contribution in [0.25, 0.3) is 0 Å². The number of carbonyl (C=O) groups excluding carboxylic acids is 1. The first-order valence-electron chi connectivity index (χ1n) is 9.60. The summed E-state index contributed by atoms with van der Waals surface area (Å²) in [4.78, 5) is 26.6. The maximum Gasteiger partial charge on any atom is 0.292 e. The highest BCUT2D eigenvalue weighted by molar-refractivity contribution is 7.09. The lowest BCUT2D eigenvalue weighted by Gasteiger charge is -2.32. The second-order valence-corrected chi connectivity index (χ2v) is 8.11. The Kier molecular flexibility index (Phi) is 7.39. The highest BCUT2D eigenvalue weighted by atomic mass is 32.1. The molecule has 28 heavy (non-hydrogen) atoms. The summed E-state index contributed by atoms with van der Waals surface area (Å²) in [6.07, 6.45) is 2.58. The predicted molar refractivity (Wildman–Crippen MR) is 112 cm³/mol. The summed E-state index contributed by atoms with van der Waals surface area (Å²) in [5, 5.41) is 19.1. The van der Waals surface area contributed by atoms with Gasteiger partial charge in [0.25, 0.3) is 5.69 Å². The molecule has 1 atom stereocenters. The number of para-hydroxylation sites is 2. The lowest BCUT2D eigenvalue weighted by Crippen LogP contribution is -2.40. The van der Waals surface area contributed by atoms with E-state index < -0.39 is 4.92 Å². The number of nitrogens with zero attached hydrogens (tertiary/aromatic N) is 2. The number of hydrogen-bond donors (Lipinski definition) is 2. The molecule has 8 heteroatoms. The molecule has 0 spiro atoms. The van der Waals surface area contributed by atoms with Gasteiger partial charge in [-0.3, -0.25) is 19.8 Å². The van der Waals surface area contributed by atoms with E-state index in [2.05, 4.69) is 33.0 Å². The van der Waals surface area contributed by atoms with Crippen molar-refractivity contribution in [1.82, 2.24) is 10.2 Å². The van der Waals surface area contributed by atoms with Crippen molar-refractivity contribution in [2.45, 2.75) is 25.8 Å². The van der Waals surface area contributed by atoms with Crippen LogP contribution in [-0.4, -0.2) is 41.9 Å². The van der Waals surface area contributed by atoms with Crippen LogP contribution in [0.5, 0.6) is 0 Å². The number of amides is 1. The van der Waals surface area contributed by atoms with Crippen LogP contribution in [0.4, 0.5) is 11.4 Å². The summed E-state index contributed by atoms with van der Waals surface area (Å²) in [7, 11) is 0. The smallest absolute Gasteiger partial charge is 0.292 e. The normalized spacial score (nSPS) is 17.2. The number of rotatable bonds is 9. The Labute approximate surface area is 168 Å². The van der Waals surface area contributed by atoms with Crippen LogP contribution < -0.4 is 10.6 Å². The van der Waals surface area contributed by atoms with Gasteiger partial charge >= 0.3 is 0 Å². The molecule has 1 saturated heterocycles. The Morgan fingerprint density at radius 2 is 2.14 bits per heavy atom. The Morgan fingerprint density at radius 3 is 2.93 bits per heavy atom. The van der Waals surface area contributed by atoms with Crippen LogP contribution in [0.1, 0.15) is 24.1 Å². The molecule has 2 aromatic rings. The highest BCUT2D eigenvalue weighted by Crippen LogP contribution is 2.23. The molecule has 150 valence electrons. The Hall–Kier alpha value is -2.45. The van der Waals surface area contributed by atoms with E-state index in [-0.39, 0.29) is 18.0 Å². The van der Waals surface area contributed by atoms with E-state index in [1.54, 1.807) is 29.5 Å². The van der Waals surface area contributed by atoms with Gasteiger partial charge in [-0.05, 0) is 42.8 Å². The van der Waals surface area contributed by atoms with Crippen molar-refractivity contribution in [3.8, 4) is 0 Å². The number of piperidine rings is 1. The molecule has 3 rings (SSSR count). The maximum absolute atomic E-state index is 12.1. The third-order valence-electron chi connectivity index (χ3n) is 4.92. The summed E-state index contributed by atoms with van der Waals surface area (Å²) >= 11 is 1.79. The van der Waals surface area contributed by atoms with Gasteiger partial charge in [-0.1, -0.05) is 18.2 Å². The molecule has 1 aromatic carbocycles. The van der Waals surface area contributed by atoms with Gasteiger partial charge < -0.3 is 10.6 Å². The summed E-state index contributed by atoms with van der Waals surface area (Å²) < 4.78 is 0. The monoisotopic (exact) mass is 402 g/mol. The number of carbonyl (C=O) groups is 1. The van der Waals surface area contributed by atoms with Gasteiger partial charge in [-0.15, -0.1) is 11.3 Å². The van der Waals surface area contributed by atoms with Crippen LogP contribution >= 0.6 is 11.3 Å². The van der Waals surface area contributed by atoms with Crippen LogP contribution in [-0.2, 0) is 11.3 Å². The number of hydrogen-bond acceptors (Lipinski definition) is 6. The minimum Gasteiger partial charge on any atom is -0.379 e. The van der Waals surface area contributed by atoms with Gasteiger partial charge in [0, 0.05) is 43.5 Å². The molecule has 1 amide bonds. The van der Waals surface area contributed by atoms with E-state index in [0.717, 1.165) is 32.5 Å². The van der Waals surface area contributed by atoms with E-state index in [0.29, 0.717) is 24.7 Å². The number of nitro benzene ring substituents is 1. The standard InChI is InChI=1S/C20H26N4O3S/c25-20(9-10-21-18-7-1-2-8-19(18)24(26)27)22-13-16-5-3-11-23(14-16)15-17-6-4-12-28-17/h1-2,4,6-8,12,16,21H,3,5,9-11,13-15H2,(H,22,25). The molecule has 7 nitrogen and oxygen atoms in total.